The maximum absolute atomic E-state index is 6.00. The van der Waals surface area contributed by atoms with E-state index in [1.54, 1.807) is 7.11 Å². The lowest BCUT2D eigenvalue weighted by Crippen LogP contribution is -2.15. The molecule has 1 heterocycles. The number of fused-ring (bicyclic) bond motifs is 1. The van der Waals surface area contributed by atoms with Gasteiger partial charge in [0, 0.05) is 25.1 Å². The van der Waals surface area contributed by atoms with Gasteiger partial charge in [-0.3, -0.25) is 0 Å². The van der Waals surface area contributed by atoms with Crippen molar-refractivity contribution >= 4 is 11.0 Å². The SMILES string of the molecule is COc1ccc2c(c1)nc([C@@H]1CC[C@H](N)C1)n2C. The summed E-state index contributed by atoms with van der Waals surface area (Å²) in [5, 5.41) is 0. The summed E-state index contributed by atoms with van der Waals surface area (Å²) >= 11 is 0. The zero-order valence-corrected chi connectivity index (χ0v) is 10.9. The molecule has 1 fully saturated rings. The zero-order chi connectivity index (χ0) is 12.7. The van der Waals surface area contributed by atoms with Gasteiger partial charge in [-0.05, 0) is 31.4 Å². The van der Waals surface area contributed by atoms with Crippen LogP contribution < -0.4 is 10.5 Å². The van der Waals surface area contributed by atoms with E-state index in [0.29, 0.717) is 12.0 Å². The molecule has 0 amide bonds. The predicted octanol–water partition coefficient (Wildman–Crippen LogP) is 2.18. The minimum absolute atomic E-state index is 0.337. The number of hydrogen-bond donors (Lipinski definition) is 1. The molecular formula is C14H19N3O. The molecule has 18 heavy (non-hydrogen) atoms. The van der Waals surface area contributed by atoms with E-state index >= 15 is 0 Å². The Labute approximate surface area is 107 Å². The Kier molecular flexibility index (Phi) is 2.74. The molecule has 96 valence electrons. The van der Waals surface area contributed by atoms with Crippen molar-refractivity contribution in [2.45, 2.75) is 31.2 Å². The fraction of sp³-hybridized carbons (Fsp3) is 0.500. The third-order valence-corrected chi connectivity index (χ3v) is 3.96. The molecule has 1 aliphatic rings. The molecule has 2 N–H and O–H groups in total. The summed E-state index contributed by atoms with van der Waals surface area (Å²) in [6.45, 7) is 0. The van der Waals surface area contributed by atoms with Crippen LogP contribution in [-0.2, 0) is 7.05 Å². The van der Waals surface area contributed by atoms with Gasteiger partial charge >= 0.3 is 0 Å². The second kappa shape index (κ2) is 4.28. The van der Waals surface area contributed by atoms with Crippen LogP contribution in [0.3, 0.4) is 0 Å². The van der Waals surface area contributed by atoms with Gasteiger partial charge in [0.15, 0.2) is 0 Å². The van der Waals surface area contributed by atoms with Crippen molar-refractivity contribution in [2.24, 2.45) is 12.8 Å². The van der Waals surface area contributed by atoms with Crippen LogP contribution in [0.2, 0.25) is 0 Å². The van der Waals surface area contributed by atoms with Gasteiger partial charge in [0.1, 0.15) is 11.6 Å². The van der Waals surface area contributed by atoms with Crippen molar-refractivity contribution in [1.82, 2.24) is 9.55 Å². The summed E-state index contributed by atoms with van der Waals surface area (Å²) in [4.78, 5) is 4.76. The molecule has 1 saturated carbocycles. The van der Waals surface area contributed by atoms with Gasteiger partial charge in [-0.15, -0.1) is 0 Å². The number of nitrogens with two attached hydrogens (primary N) is 1. The number of benzene rings is 1. The summed E-state index contributed by atoms with van der Waals surface area (Å²) in [5.74, 6) is 2.52. The normalized spacial score (nSPS) is 23.7. The third kappa shape index (κ3) is 1.77. The highest BCUT2D eigenvalue weighted by atomic mass is 16.5. The van der Waals surface area contributed by atoms with Crippen LogP contribution in [0, 0.1) is 0 Å². The first kappa shape index (κ1) is 11.5. The van der Waals surface area contributed by atoms with E-state index in [0.717, 1.165) is 41.9 Å². The minimum atomic E-state index is 0.337. The first-order valence-corrected chi connectivity index (χ1v) is 6.45. The Bertz CT molecular complexity index is 576. The number of aryl methyl sites for hydroxylation is 1. The van der Waals surface area contributed by atoms with E-state index in [1.165, 1.54) is 0 Å². The fourth-order valence-electron chi connectivity index (χ4n) is 2.94. The number of methoxy groups -OCH3 is 1. The lowest BCUT2D eigenvalue weighted by molar-refractivity contribution is 0.415. The molecule has 0 spiro atoms. The van der Waals surface area contributed by atoms with Crippen LogP contribution in [-0.4, -0.2) is 22.7 Å². The first-order valence-electron chi connectivity index (χ1n) is 6.45. The van der Waals surface area contributed by atoms with Crippen molar-refractivity contribution in [3.8, 4) is 5.75 Å². The van der Waals surface area contributed by atoms with Crippen molar-refractivity contribution in [2.75, 3.05) is 7.11 Å². The highest BCUT2D eigenvalue weighted by Gasteiger charge is 2.27. The Morgan fingerprint density at radius 2 is 2.22 bits per heavy atom. The molecule has 1 aliphatic carbocycles. The van der Waals surface area contributed by atoms with E-state index in [1.807, 2.05) is 12.1 Å². The Hall–Kier alpha value is -1.55. The van der Waals surface area contributed by atoms with Gasteiger partial charge in [-0.2, -0.15) is 0 Å². The molecular weight excluding hydrogens is 226 g/mol. The molecule has 0 unspecified atom stereocenters. The number of nitrogens with zero attached hydrogens (tertiary/aromatic N) is 2. The second-order valence-corrected chi connectivity index (χ2v) is 5.15. The average Bonchev–Trinajstić information content (AvgIpc) is 2.93. The van der Waals surface area contributed by atoms with E-state index in [9.17, 15) is 0 Å². The third-order valence-electron chi connectivity index (χ3n) is 3.96. The van der Waals surface area contributed by atoms with Crippen LogP contribution in [0.4, 0.5) is 0 Å². The minimum Gasteiger partial charge on any atom is -0.497 e. The van der Waals surface area contributed by atoms with Crippen molar-refractivity contribution < 1.29 is 4.74 Å². The highest BCUT2D eigenvalue weighted by molar-refractivity contribution is 5.77. The van der Waals surface area contributed by atoms with Crippen molar-refractivity contribution in [3.63, 3.8) is 0 Å². The smallest absolute Gasteiger partial charge is 0.121 e. The van der Waals surface area contributed by atoms with Crippen molar-refractivity contribution in [1.29, 1.82) is 0 Å². The number of ether oxygens (including phenoxy) is 1. The lowest BCUT2D eigenvalue weighted by Gasteiger charge is -2.09. The Morgan fingerprint density at radius 1 is 1.39 bits per heavy atom. The Morgan fingerprint density at radius 3 is 2.89 bits per heavy atom. The summed E-state index contributed by atoms with van der Waals surface area (Å²) in [6.07, 6.45) is 3.31. The molecule has 1 aromatic carbocycles. The average molecular weight is 245 g/mol. The standard InChI is InChI=1S/C14H19N3O/c1-17-13-6-5-11(18-2)8-12(13)16-14(17)9-3-4-10(15)7-9/h5-6,8-10H,3-4,7,15H2,1-2H3/t9-,10+/m1/s1. The quantitative estimate of drug-likeness (QED) is 0.882. The van der Waals surface area contributed by atoms with Crippen molar-refractivity contribution in [3.05, 3.63) is 24.0 Å². The molecule has 0 bridgehead atoms. The fourth-order valence-corrected chi connectivity index (χ4v) is 2.94. The summed E-state index contributed by atoms with van der Waals surface area (Å²) < 4.78 is 7.44. The van der Waals surface area contributed by atoms with Gasteiger partial charge in [0.25, 0.3) is 0 Å². The molecule has 3 rings (SSSR count). The van der Waals surface area contributed by atoms with Crippen LogP contribution in [0.1, 0.15) is 31.0 Å². The van der Waals surface area contributed by atoms with E-state index in [2.05, 4.69) is 17.7 Å². The molecule has 2 atom stereocenters. The van der Waals surface area contributed by atoms with Crippen LogP contribution in [0.5, 0.6) is 5.75 Å². The van der Waals surface area contributed by atoms with Crippen LogP contribution in [0.15, 0.2) is 18.2 Å². The van der Waals surface area contributed by atoms with E-state index < -0.39 is 0 Å². The summed E-state index contributed by atoms with van der Waals surface area (Å²) in [7, 11) is 3.77. The van der Waals surface area contributed by atoms with Crippen LogP contribution in [0.25, 0.3) is 11.0 Å². The molecule has 4 heteroatoms. The zero-order valence-electron chi connectivity index (χ0n) is 10.9. The van der Waals surface area contributed by atoms with Gasteiger partial charge in [0.05, 0.1) is 18.1 Å². The van der Waals surface area contributed by atoms with Gasteiger partial charge < -0.3 is 15.0 Å². The molecule has 1 aromatic heterocycles. The summed E-state index contributed by atoms with van der Waals surface area (Å²) in [6, 6.07) is 6.38. The summed E-state index contributed by atoms with van der Waals surface area (Å²) in [5.41, 5.74) is 8.16. The molecule has 0 radical (unpaired) electrons. The lowest BCUT2D eigenvalue weighted by atomic mass is 10.1. The monoisotopic (exact) mass is 245 g/mol. The van der Waals surface area contributed by atoms with E-state index in [-0.39, 0.29) is 0 Å². The van der Waals surface area contributed by atoms with Gasteiger partial charge in [-0.1, -0.05) is 0 Å². The number of rotatable bonds is 2. The second-order valence-electron chi connectivity index (χ2n) is 5.15. The van der Waals surface area contributed by atoms with Gasteiger partial charge in [0.2, 0.25) is 0 Å². The van der Waals surface area contributed by atoms with E-state index in [4.69, 9.17) is 15.5 Å². The van der Waals surface area contributed by atoms with Crippen LogP contribution >= 0.6 is 0 Å². The number of aromatic nitrogens is 2. The maximum atomic E-state index is 6.00. The molecule has 2 aromatic rings. The number of imidazole rings is 1. The predicted molar refractivity (Wildman–Crippen MR) is 71.8 cm³/mol. The molecule has 0 aliphatic heterocycles. The first-order chi connectivity index (χ1) is 8.69. The highest BCUT2D eigenvalue weighted by Crippen LogP contribution is 2.34. The maximum Gasteiger partial charge on any atom is 0.121 e. The topological polar surface area (TPSA) is 53.1 Å². The molecule has 4 nitrogen and oxygen atoms in total. The van der Waals surface area contributed by atoms with Gasteiger partial charge in [-0.25, -0.2) is 4.98 Å². The number of hydrogen-bond acceptors (Lipinski definition) is 3. The molecule has 0 saturated heterocycles. The Balaban J connectivity index is 2.05. The largest absolute Gasteiger partial charge is 0.497 e.